The Bertz CT molecular complexity index is 1290. The van der Waals surface area contributed by atoms with E-state index in [1.54, 1.807) is 24.5 Å². The molecule has 1 aliphatic carbocycles. The van der Waals surface area contributed by atoms with Gasteiger partial charge in [-0.25, -0.2) is 9.79 Å². The fourth-order valence-corrected chi connectivity index (χ4v) is 6.14. The van der Waals surface area contributed by atoms with E-state index >= 15 is 0 Å². The van der Waals surface area contributed by atoms with Gasteiger partial charge in [-0.2, -0.15) is 0 Å². The van der Waals surface area contributed by atoms with Gasteiger partial charge in [0.2, 0.25) is 0 Å². The lowest BCUT2D eigenvalue weighted by atomic mass is 9.95. The number of thiophene rings is 1. The topological polar surface area (TPSA) is 86.2 Å². The summed E-state index contributed by atoms with van der Waals surface area (Å²) in [6.45, 7) is 4.18. The Hall–Kier alpha value is -2.92. The van der Waals surface area contributed by atoms with Crippen LogP contribution in [-0.4, -0.2) is 37.9 Å². The number of esters is 1. The van der Waals surface area contributed by atoms with Crippen molar-refractivity contribution in [2.45, 2.75) is 39.5 Å². The van der Waals surface area contributed by atoms with Crippen molar-refractivity contribution in [2.75, 3.05) is 25.1 Å². The summed E-state index contributed by atoms with van der Waals surface area (Å²) in [4.78, 5) is 31.1. The number of nitrogens with zero attached hydrogens (tertiary/aromatic N) is 1. The van der Waals surface area contributed by atoms with Gasteiger partial charge in [-0.15, -0.1) is 11.3 Å². The molecule has 0 unspecified atom stereocenters. The maximum absolute atomic E-state index is 13.3. The number of aryl methyl sites for hydroxylation is 1. The van der Waals surface area contributed by atoms with E-state index in [1.165, 1.54) is 4.88 Å². The molecule has 0 spiro atoms. The van der Waals surface area contributed by atoms with Crippen LogP contribution in [0.4, 0.5) is 10.7 Å². The maximum Gasteiger partial charge on any atom is 0.344 e. The largest absolute Gasteiger partial charge is 0.490 e. The van der Waals surface area contributed by atoms with Crippen LogP contribution >= 0.6 is 33.9 Å². The van der Waals surface area contributed by atoms with Gasteiger partial charge in [-0.3, -0.25) is 4.79 Å². The van der Waals surface area contributed by atoms with Gasteiger partial charge in [-0.05, 0) is 97.5 Å². The first-order valence-electron chi connectivity index (χ1n) is 12.3. The summed E-state index contributed by atoms with van der Waals surface area (Å²) in [5, 5.41) is 3.73. The van der Waals surface area contributed by atoms with Gasteiger partial charge in [-0.1, -0.05) is 18.2 Å². The van der Waals surface area contributed by atoms with Gasteiger partial charge in [0.1, 0.15) is 5.00 Å². The van der Waals surface area contributed by atoms with Crippen molar-refractivity contribution >= 4 is 62.7 Å². The molecule has 9 heteroatoms. The molecule has 1 heterocycles. The summed E-state index contributed by atoms with van der Waals surface area (Å²) in [6, 6.07) is 13.2. The third kappa shape index (κ3) is 6.89. The second kappa shape index (κ2) is 13.0. The van der Waals surface area contributed by atoms with E-state index in [0.717, 1.165) is 46.1 Å². The molecule has 1 aliphatic rings. The van der Waals surface area contributed by atoms with Crippen LogP contribution in [0.25, 0.3) is 0 Å². The predicted octanol–water partition coefficient (Wildman–Crippen LogP) is 6.58. The van der Waals surface area contributed by atoms with Crippen molar-refractivity contribution in [1.82, 2.24) is 0 Å². The third-order valence-corrected chi connectivity index (χ3v) is 7.71. The molecule has 0 atom stereocenters. The number of carbonyl (C=O) groups excluding carboxylic acids is 2. The van der Waals surface area contributed by atoms with Gasteiger partial charge >= 0.3 is 5.97 Å². The van der Waals surface area contributed by atoms with Crippen molar-refractivity contribution < 1.29 is 23.8 Å². The number of nitrogens with one attached hydrogen (secondary N) is 1. The minimum atomic E-state index is -0.436. The maximum atomic E-state index is 13.3. The lowest BCUT2D eigenvalue weighted by Crippen LogP contribution is -2.15. The van der Waals surface area contributed by atoms with Crippen molar-refractivity contribution in [3.8, 4) is 11.5 Å². The zero-order chi connectivity index (χ0) is 26.2. The van der Waals surface area contributed by atoms with Crippen molar-refractivity contribution in [2.24, 2.45) is 4.99 Å². The SMILES string of the molecule is CCOC(=O)COc1c(I)cc(C=Nc2sc3c(c2C(=O)Nc2ccccc2)CCCC3)cc1OCC. The lowest BCUT2D eigenvalue weighted by Gasteiger charge is -2.14. The van der Waals surface area contributed by atoms with Crippen LogP contribution in [0, 0.1) is 3.57 Å². The molecule has 0 radical (unpaired) electrons. The highest BCUT2D eigenvalue weighted by Crippen LogP contribution is 2.40. The second-order valence-electron chi connectivity index (χ2n) is 8.33. The van der Waals surface area contributed by atoms with Crippen LogP contribution in [0.15, 0.2) is 47.5 Å². The fourth-order valence-electron chi connectivity index (χ4n) is 4.12. The van der Waals surface area contributed by atoms with Crippen LogP contribution in [0.3, 0.4) is 0 Å². The number of amides is 1. The first-order chi connectivity index (χ1) is 18.0. The number of carbonyl (C=O) groups is 2. The Morgan fingerprint density at radius 3 is 2.62 bits per heavy atom. The Labute approximate surface area is 234 Å². The molecule has 0 saturated carbocycles. The summed E-state index contributed by atoms with van der Waals surface area (Å²) in [5.74, 6) is 0.439. The summed E-state index contributed by atoms with van der Waals surface area (Å²) in [7, 11) is 0. The first-order valence-corrected chi connectivity index (χ1v) is 14.2. The molecule has 7 nitrogen and oxygen atoms in total. The smallest absolute Gasteiger partial charge is 0.344 e. The third-order valence-electron chi connectivity index (χ3n) is 5.71. The molecule has 1 aromatic heterocycles. The van der Waals surface area contributed by atoms with Gasteiger partial charge in [0.15, 0.2) is 18.1 Å². The molecule has 0 aliphatic heterocycles. The highest BCUT2D eigenvalue weighted by molar-refractivity contribution is 14.1. The Morgan fingerprint density at radius 2 is 1.86 bits per heavy atom. The van der Waals surface area contributed by atoms with Crippen molar-refractivity contribution in [1.29, 1.82) is 0 Å². The van der Waals surface area contributed by atoms with Gasteiger partial charge in [0.05, 0.1) is 22.3 Å². The number of hydrogen-bond acceptors (Lipinski definition) is 7. The molecule has 37 heavy (non-hydrogen) atoms. The number of ether oxygens (including phenoxy) is 3. The molecule has 194 valence electrons. The fraction of sp³-hybridized carbons (Fsp3) is 0.321. The van der Waals surface area contributed by atoms with Crippen LogP contribution in [0.1, 0.15) is 53.1 Å². The molecule has 0 saturated heterocycles. The van der Waals surface area contributed by atoms with E-state index in [9.17, 15) is 9.59 Å². The number of para-hydroxylation sites is 1. The Morgan fingerprint density at radius 1 is 1.08 bits per heavy atom. The Kier molecular flexibility index (Phi) is 9.56. The van der Waals surface area contributed by atoms with Crippen molar-refractivity contribution in [3.05, 3.63) is 67.6 Å². The second-order valence-corrected chi connectivity index (χ2v) is 10.6. The van der Waals surface area contributed by atoms with Gasteiger partial charge in [0.25, 0.3) is 5.91 Å². The van der Waals surface area contributed by atoms with Crippen LogP contribution in [0.5, 0.6) is 11.5 Å². The summed E-state index contributed by atoms with van der Waals surface area (Å²) >= 11 is 3.74. The zero-order valence-corrected chi connectivity index (χ0v) is 23.8. The number of benzene rings is 2. The minimum Gasteiger partial charge on any atom is -0.490 e. The minimum absolute atomic E-state index is 0.134. The van der Waals surface area contributed by atoms with Gasteiger partial charge < -0.3 is 19.5 Å². The van der Waals surface area contributed by atoms with E-state index < -0.39 is 5.97 Å². The average Bonchev–Trinajstić information content (AvgIpc) is 3.26. The van der Waals surface area contributed by atoms with Crippen LogP contribution < -0.4 is 14.8 Å². The van der Waals surface area contributed by atoms with Crippen molar-refractivity contribution in [3.63, 3.8) is 0 Å². The highest BCUT2D eigenvalue weighted by atomic mass is 127. The average molecular weight is 633 g/mol. The quantitative estimate of drug-likeness (QED) is 0.155. The van der Waals surface area contributed by atoms with Crippen LogP contribution in [-0.2, 0) is 22.4 Å². The Balaban J connectivity index is 1.62. The first kappa shape index (κ1) is 27.1. The number of rotatable bonds is 10. The standard InChI is InChI=1S/C28H29IN2O5S/c1-3-34-22-15-18(14-21(29)26(22)36-17-24(32)35-4-2)16-30-28-25(20-12-8-9-13-23(20)37-28)27(33)31-19-10-6-5-7-11-19/h5-7,10-11,14-16H,3-4,8-9,12-13,17H2,1-2H3,(H,31,33). The zero-order valence-electron chi connectivity index (χ0n) is 20.8. The molecule has 3 aromatic rings. The number of hydrogen-bond donors (Lipinski definition) is 1. The monoisotopic (exact) mass is 632 g/mol. The molecule has 1 amide bonds. The van der Waals surface area contributed by atoms with E-state index in [0.29, 0.717) is 35.3 Å². The number of fused-ring (bicyclic) bond motifs is 1. The molecule has 4 rings (SSSR count). The molecular formula is C28H29IN2O5S. The summed E-state index contributed by atoms with van der Waals surface area (Å²) < 4.78 is 17.2. The molecular weight excluding hydrogens is 603 g/mol. The van der Waals surface area contributed by atoms with E-state index in [4.69, 9.17) is 19.2 Å². The van der Waals surface area contributed by atoms with Crippen LogP contribution in [0.2, 0.25) is 0 Å². The summed E-state index contributed by atoms with van der Waals surface area (Å²) in [5.41, 5.74) is 3.34. The number of halogens is 1. The number of aliphatic imine (C=N–C) groups is 1. The van der Waals surface area contributed by atoms with E-state index in [2.05, 4.69) is 27.9 Å². The normalized spacial score (nSPS) is 12.7. The molecule has 2 aromatic carbocycles. The molecule has 0 fully saturated rings. The predicted molar refractivity (Wildman–Crippen MR) is 155 cm³/mol. The lowest BCUT2D eigenvalue weighted by molar-refractivity contribution is -0.145. The van der Waals surface area contributed by atoms with E-state index in [1.807, 2.05) is 49.4 Å². The van der Waals surface area contributed by atoms with Gasteiger partial charge in [0, 0.05) is 16.8 Å². The molecule has 0 bridgehead atoms. The molecule has 1 N–H and O–H groups in total. The number of anilines is 1. The summed E-state index contributed by atoms with van der Waals surface area (Å²) in [6.07, 6.45) is 5.80. The highest BCUT2D eigenvalue weighted by Gasteiger charge is 2.25. The van der Waals surface area contributed by atoms with E-state index in [-0.39, 0.29) is 12.5 Å².